The zero-order valence-electron chi connectivity index (χ0n) is 15.3. The molecule has 0 saturated carbocycles. The van der Waals surface area contributed by atoms with Gasteiger partial charge in [-0.15, -0.1) is 0 Å². The molecule has 0 aliphatic carbocycles. The van der Waals surface area contributed by atoms with Crippen molar-refractivity contribution in [1.82, 2.24) is 4.90 Å². The zero-order valence-corrected chi connectivity index (χ0v) is 15.3. The SMILES string of the molecule is CN(CC(O)COC1CCOCC1)C1CCCN(c2ccccc2)C1. The Morgan fingerprint density at radius 3 is 2.76 bits per heavy atom. The van der Waals surface area contributed by atoms with E-state index in [1.165, 1.54) is 18.5 Å². The lowest BCUT2D eigenvalue weighted by molar-refractivity contribution is -0.0648. The highest BCUT2D eigenvalue weighted by Gasteiger charge is 2.25. The topological polar surface area (TPSA) is 45.2 Å². The third kappa shape index (κ3) is 5.68. The lowest BCUT2D eigenvalue weighted by atomic mass is 10.0. The summed E-state index contributed by atoms with van der Waals surface area (Å²) < 4.78 is 11.2. The molecule has 2 fully saturated rings. The number of anilines is 1. The van der Waals surface area contributed by atoms with Crippen LogP contribution in [-0.2, 0) is 9.47 Å². The van der Waals surface area contributed by atoms with Crippen LogP contribution in [0, 0.1) is 0 Å². The van der Waals surface area contributed by atoms with Gasteiger partial charge in [0.2, 0.25) is 0 Å². The van der Waals surface area contributed by atoms with E-state index in [2.05, 4.69) is 47.2 Å². The van der Waals surface area contributed by atoms with Crippen LogP contribution >= 0.6 is 0 Å². The van der Waals surface area contributed by atoms with E-state index < -0.39 is 6.10 Å². The maximum absolute atomic E-state index is 10.4. The smallest absolute Gasteiger partial charge is 0.0900 e. The van der Waals surface area contributed by atoms with E-state index in [0.717, 1.165) is 39.1 Å². The molecular weight excluding hydrogens is 316 g/mol. The van der Waals surface area contributed by atoms with Crippen LogP contribution in [0.3, 0.4) is 0 Å². The van der Waals surface area contributed by atoms with Gasteiger partial charge in [-0.25, -0.2) is 0 Å². The molecule has 0 bridgehead atoms. The number of benzene rings is 1. The van der Waals surface area contributed by atoms with E-state index in [4.69, 9.17) is 9.47 Å². The van der Waals surface area contributed by atoms with Crippen LogP contribution in [0.5, 0.6) is 0 Å². The zero-order chi connectivity index (χ0) is 17.5. The Kier molecular flexibility index (Phi) is 7.11. The number of nitrogens with zero attached hydrogens (tertiary/aromatic N) is 2. The summed E-state index contributed by atoms with van der Waals surface area (Å²) >= 11 is 0. The maximum atomic E-state index is 10.4. The average molecular weight is 348 g/mol. The number of aliphatic hydroxyl groups is 1. The van der Waals surface area contributed by atoms with Gasteiger partial charge < -0.3 is 19.5 Å². The highest BCUT2D eigenvalue weighted by molar-refractivity contribution is 5.46. The first-order valence-corrected chi connectivity index (χ1v) is 9.60. The molecule has 0 radical (unpaired) electrons. The Labute approximate surface area is 151 Å². The fourth-order valence-corrected chi connectivity index (χ4v) is 3.81. The summed E-state index contributed by atoms with van der Waals surface area (Å²) in [7, 11) is 2.12. The first-order chi connectivity index (χ1) is 12.2. The Hall–Kier alpha value is -1.14. The largest absolute Gasteiger partial charge is 0.389 e. The van der Waals surface area contributed by atoms with Gasteiger partial charge >= 0.3 is 0 Å². The molecule has 0 amide bonds. The van der Waals surface area contributed by atoms with Crippen molar-refractivity contribution in [1.29, 1.82) is 0 Å². The highest BCUT2D eigenvalue weighted by atomic mass is 16.5. The van der Waals surface area contributed by atoms with Gasteiger partial charge in [0.05, 0.1) is 18.8 Å². The molecule has 1 aromatic carbocycles. The van der Waals surface area contributed by atoms with Crippen LogP contribution in [0.1, 0.15) is 25.7 Å². The Balaban J connectivity index is 1.42. The van der Waals surface area contributed by atoms with Gasteiger partial charge in [0, 0.05) is 44.6 Å². The summed E-state index contributed by atoms with van der Waals surface area (Å²) in [5, 5.41) is 10.4. The Morgan fingerprint density at radius 1 is 1.24 bits per heavy atom. The highest BCUT2D eigenvalue weighted by Crippen LogP contribution is 2.22. The van der Waals surface area contributed by atoms with Gasteiger partial charge in [-0.2, -0.15) is 0 Å². The van der Waals surface area contributed by atoms with E-state index >= 15 is 0 Å². The van der Waals surface area contributed by atoms with Gasteiger partial charge in [-0.3, -0.25) is 4.90 Å². The van der Waals surface area contributed by atoms with Crippen molar-refractivity contribution in [2.24, 2.45) is 0 Å². The lowest BCUT2D eigenvalue weighted by Crippen LogP contribution is -2.49. The van der Waals surface area contributed by atoms with Gasteiger partial charge in [0.1, 0.15) is 0 Å². The Morgan fingerprint density at radius 2 is 2.00 bits per heavy atom. The predicted molar refractivity (Wildman–Crippen MR) is 100 cm³/mol. The molecule has 2 saturated heterocycles. The van der Waals surface area contributed by atoms with Crippen LogP contribution < -0.4 is 4.90 Å². The van der Waals surface area contributed by atoms with E-state index in [9.17, 15) is 5.11 Å². The summed E-state index contributed by atoms with van der Waals surface area (Å²) in [5.41, 5.74) is 1.30. The van der Waals surface area contributed by atoms with Crippen LogP contribution in [-0.4, -0.2) is 74.8 Å². The normalized spacial score (nSPS) is 23.8. The maximum Gasteiger partial charge on any atom is 0.0900 e. The molecule has 5 nitrogen and oxygen atoms in total. The summed E-state index contributed by atoms with van der Waals surface area (Å²) in [4.78, 5) is 4.75. The molecule has 2 aliphatic rings. The molecule has 140 valence electrons. The quantitative estimate of drug-likeness (QED) is 0.818. The minimum absolute atomic E-state index is 0.247. The van der Waals surface area contributed by atoms with Gasteiger partial charge in [-0.05, 0) is 44.9 Å². The van der Waals surface area contributed by atoms with E-state index in [-0.39, 0.29) is 6.10 Å². The summed E-state index contributed by atoms with van der Waals surface area (Å²) in [6.45, 7) is 4.77. The second-order valence-electron chi connectivity index (χ2n) is 7.32. The molecule has 2 atom stereocenters. The number of hydrogen-bond acceptors (Lipinski definition) is 5. The van der Waals surface area contributed by atoms with E-state index in [0.29, 0.717) is 19.2 Å². The first-order valence-electron chi connectivity index (χ1n) is 9.60. The van der Waals surface area contributed by atoms with E-state index in [1.54, 1.807) is 0 Å². The Bertz CT molecular complexity index is 493. The monoisotopic (exact) mass is 348 g/mol. The lowest BCUT2D eigenvalue weighted by Gasteiger charge is -2.39. The molecule has 3 rings (SSSR count). The third-order valence-electron chi connectivity index (χ3n) is 5.33. The molecule has 0 aromatic heterocycles. The van der Waals surface area contributed by atoms with Crippen molar-refractivity contribution in [3.8, 4) is 0 Å². The van der Waals surface area contributed by atoms with Gasteiger partial charge in [0.15, 0.2) is 0 Å². The molecular formula is C20H32N2O3. The molecule has 1 N–H and O–H groups in total. The van der Waals surface area contributed by atoms with Gasteiger partial charge in [0.25, 0.3) is 0 Å². The van der Waals surface area contributed by atoms with Gasteiger partial charge in [-0.1, -0.05) is 18.2 Å². The van der Waals surface area contributed by atoms with Crippen LogP contribution in [0.2, 0.25) is 0 Å². The standard InChI is InChI=1S/C20H32N2O3/c1-21(15-19(23)16-25-20-9-12-24-13-10-20)18-8-5-11-22(14-18)17-6-3-2-4-7-17/h2-4,6-7,18-20,23H,5,8-16H2,1H3. The number of para-hydroxylation sites is 1. The van der Waals surface area contributed by atoms with Crippen LogP contribution in [0.4, 0.5) is 5.69 Å². The number of piperidine rings is 1. The third-order valence-corrected chi connectivity index (χ3v) is 5.33. The van der Waals surface area contributed by atoms with Crippen molar-refractivity contribution in [3.63, 3.8) is 0 Å². The molecule has 25 heavy (non-hydrogen) atoms. The number of aliphatic hydroxyl groups excluding tert-OH is 1. The average Bonchev–Trinajstić information content (AvgIpc) is 2.68. The summed E-state index contributed by atoms with van der Waals surface area (Å²) in [5.74, 6) is 0. The van der Waals surface area contributed by atoms with Crippen molar-refractivity contribution >= 4 is 5.69 Å². The van der Waals surface area contributed by atoms with Crippen LogP contribution in [0.15, 0.2) is 30.3 Å². The first kappa shape index (κ1) is 18.6. The minimum Gasteiger partial charge on any atom is -0.389 e. The molecule has 2 aliphatic heterocycles. The molecule has 5 heteroatoms. The van der Waals surface area contributed by atoms with E-state index in [1.807, 2.05) is 0 Å². The fourth-order valence-electron chi connectivity index (χ4n) is 3.81. The summed E-state index contributed by atoms with van der Waals surface area (Å²) in [6, 6.07) is 11.1. The fraction of sp³-hybridized carbons (Fsp3) is 0.700. The molecule has 2 unspecified atom stereocenters. The van der Waals surface area contributed by atoms with Crippen molar-refractivity contribution < 1.29 is 14.6 Å². The van der Waals surface area contributed by atoms with Crippen LogP contribution in [0.25, 0.3) is 0 Å². The number of rotatable bonds is 7. The molecule has 2 heterocycles. The predicted octanol–water partition coefficient (Wildman–Crippen LogP) is 2.14. The number of hydrogen-bond donors (Lipinski definition) is 1. The second-order valence-corrected chi connectivity index (χ2v) is 7.32. The van der Waals surface area contributed by atoms with Crippen molar-refractivity contribution in [2.75, 3.05) is 51.4 Å². The second kappa shape index (κ2) is 9.53. The molecule has 1 aromatic rings. The van der Waals surface area contributed by atoms with Crippen molar-refractivity contribution in [2.45, 2.75) is 43.9 Å². The number of likely N-dealkylation sites (N-methyl/N-ethyl adjacent to an activating group) is 1. The van der Waals surface area contributed by atoms with Crippen molar-refractivity contribution in [3.05, 3.63) is 30.3 Å². The number of ether oxygens (including phenoxy) is 2. The molecule has 0 spiro atoms. The minimum atomic E-state index is -0.431. The summed E-state index contributed by atoms with van der Waals surface area (Å²) in [6.07, 6.45) is 4.08.